The van der Waals surface area contributed by atoms with E-state index in [0.29, 0.717) is 5.75 Å². The number of rotatable bonds is 5. The molecule has 1 aromatic heterocycles. The zero-order valence-electron chi connectivity index (χ0n) is 16.1. The van der Waals surface area contributed by atoms with E-state index in [-0.39, 0.29) is 24.3 Å². The lowest BCUT2D eigenvalue weighted by atomic mass is 10.1. The third-order valence-corrected chi connectivity index (χ3v) is 6.04. The van der Waals surface area contributed by atoms with E-state index in [1.165, 1.54) is 6.92 Å². The monoisotopic (exact) mass is 400 g/mol. The molecule has 2 heterocycles. The Morgan fingerprint density at radius 1 is 1.32 bits per heavy atom. The molecule has 0 radical (unpaired) electrons. The maximum Gasteiger partial charge on any atom is 0.247 e. The Kier molecular flexibility index (Phi) is 5.79. The fourth-order valence-electron chi connectivity index (χ4n) is 3.30. The number of aromatic nitrogens is 1. The van der Waals surface area contributed by atoms with Crippen LogP contribution in [0.25, 0.3) is 17.0 Å². The Morgan fingerprint density at radius 2 is 2.07 bits per heavy atom. The lowest BCUT2D eigenvalue weighted by molar-refractivity contribution is -0.141. The predicted molar refractivity (Wildman–Crippen MR) is 111 cm³/mol. The van der Waals surface area contributed by atoms with Crippen LogP contribution in [0.1, 0.15) is 26.3 Å². The van der Waals surface area contributed by atoms with Crippen LogP contribution in [-0.4, -0.2) is 50.8 Å². The van der Waals surface area contributed by atoms with Gasteiger partial charge in [-0.1, -0.05) is 18.2 Å². The number of thioether (sulfide) groups is 1. The molecule has 28 heavy (non-hydrogen) atoms. The van der Waals surface area contributed by atoms with Crippen LogP contribution in [0.3, 0.4) is 0 Å². The summed E-state index contributed by atoms with van der Waals surface area (Å²) in [7, 11) is 0. The quantitative estimate of drug-likeness (QED) is 0.716. The Balaban J connectivity index is 1.68. The maximum atomic E-state index is 12.7. The van der Waals surface area contributed by atoms with Crippen LogP contribution in [0.5, 0.6) is 0 Å². The molecule has 8 heteroatoms. The van der Waals surface area contributed by atoms with Gasteiger partial charge in [-0.15, -0.1) is 11.8 Å². The number of H-pyrrole nitrogens is 1. The minimum Gasteiger partial charge on any atom is -0.361 e. The first-order chi connectivity index (χ1) is 13.3. The van der Waals surface area contributed by atoms with E-state index in [9.17, 15) is 14.4 Å². The summed E-state index contributed by atoms with van der Waals surface area (Å²) in [6.07, 6.45) is 5.31. The molecule has 3 rings (SSSR count). The summed E-state index contributed by atoms with van der Waals surface area (Å²) < 4.78 is 0. The van der Waals surface area contributed by atoms with Crippen LogP contribution in [-0.2, 0) is 14.4 Å². The molecule has 1 saturated heterocycles. The zero-order valence-corrected chi connectivity index (χ0v) is 16.9. The molecule has 1 unspecified atom stereocenters. The molecule has 148 valence electrons. The lowest BCUT2D eigenvalue weighted by Gasteiger charge is -2.34. The lowest BCUT2D eigenvalue weighted by Crippen LogP contribution is -2.54. The van der Waals surface area contributed by atoms with Gasteiger partial charge in [0.25, 0.3) is 0 Å². The highest BCUT2D eigenvalue weighted by Gasteiger charge is 2.46. The van der Waals surface area contributed by atoms with Gasteiger partial charge in [-0.05, 0) is 26.0 Å². The molecule has 3 N–H and O–H groups in total. The van der Waals surface area contributed by atoms with Crippen molar-refractivity contribution in [3.05, 3.63) is 42.2 Å². The van der Waals surface area contributed by atoms with Crippen molar-refractivity contribution in [3.63, 3.8) is 0 Å². The van der Waals surface area contributed by atoms with Gasteiger partial charge in [-0.25, -0.2) is 0 Å². The van der Waals surface area contributed by atoms with E-state index in [4.69, 9.17) is 0 Å². The van der Waals surface area contributed by atoms with Crippen LogP contribution < -0.4 is 10.6 Å². The average molecular weight is 401 g/mol. The smallest absolute Gasteiger partial charge is 0.247 e. The molecule has 0 spiro atoms. The molecule has 1 fully saturated rings. The van der Waals surface area contributed by atoms with Gasteiger partial charge in [0.05, 0.1) is 11.4 Å². The first kappa shape index (κ1) is 20.0. The number of carbonyl (C=O) groups is 3. The first-order valence-corrected chi connectivity index (χ1v) is 10.0. The molecule has 1 aliphatic heterocycles. The van der Waals surface area contributed by atoms with Crippen molar-refractivity contribution >= 4 is 46.5 Å². The van der Waals surface area contributed by atoms with Gasteiger partial charge in [0, 0.05) is 41.5 Å². The Morgan fingerprint density at radius 3 is 2.82 bits per heavy atom. The molecule has 0 saturated carbocycles. The van der Waals surface area contributed by atoms with Crippen molar-refractivity contribution in [3.8, 4) is 0 Å². The SMILES string of the molecule is CC(=O)NCC(=O)N1C(C(=O)N/C=C\c2c[nH]c3ccccc23)CSC1(C)C. The van der Waals surface area contributed by atoms with E-state index in [1.54, 1.807) is 22.9 Å². The van der Waals surface area contributed by atoms with Crippen molar-refractivity contribution in [2.75, 3.05) is 12.3 Å². The molecular weight excluding hydrogens is 376 g/mol. The molecular formula is C20H24N4O3S. The van der Waals surface area contributed by atoms with Gasteiger partial charge in [0.1, 0.15) is 6.04 Å². The topological polar surface area (TPSA) is 94.3 Å². The summed E-state index contributed by atoms with van der Waals surface area (Å²) in [5.41, 5.74) is 1.99. The van der Waals surface area contributed by atoms with E-state index in [1.807, 2.05) is 50.4 Å². The Hall–Kier alpha value is -2.74. The van der Waals surface area contributed by atoms with Crippen molar-refractivity contribution in [2.24, 2.45) is 0 Å². The number of hydrogen-bond acceptors (Lipinski definition) is 4. The highest BCUT2D eigenvalue weighted by molar-refractivity contribution is 8.00. The van der Waals surface area contributed by atoms with Crippen molar-refractivity contribution in [1.29, 1.82) is 0 Å². The van der Waals surface area contributed by atoms with Gasteiger partial charge in [0.2, 0.25) is 17.7 Å². The van der Waals surface area contributed by atoms with E-state index in [2.05, 4.69) is 15.6 Å². The number of nitrogens with zero attached hydrogens (tertiary/aromatic N) is 1. The van der Waals surface area contributed by atoms with Gasteiger partial charge in [0.15, 0.2) is 0 Å². The molecule has 1 aliphatic rings. The molecule has 1 aromatic carbocycles. The van der Waals surface area contributed by atoms with Crippen molar-refractivity contribution in [1.82, 2.24) is 20.5 Å². The van der Waals surface area contributed by atoms with Crippen molar-refractivity contribution < 1.29 is 14.4 Å². The molecule has 0 bridgehead atoms. The molecule has 0 aliphatic carbocycles. The number of carbonyl (C=O) groups excluding carboxylic acids is 3. The average Bonchev–Trinajstić information content (AvgIpc) is 3.20. The molecule has 7 nitrogen and oxygen atoms in total. The summed E-state index contributed by atoms with van der Waals surface area (Å²) in [5, 5.41) is 6.36. The fourth-order valence-corrected chi connectivity index (χ4v) is 4.53. The third-order valence-electron chi connectivity index (χ3n) is 4.66. The number of benzene rings is 1. The second-order valence-electron chi connectivity index (χ2n) is 7.08. The summed E-state index contributed by atoms with van der Waals surface area (Å²) in [4.78, 5) is 40.6. The van der Waals surface area contributed by atoms with E-state index < -0.39 is 10.9 Å². The largest absolute Gasteiger partial charge is 0.361 e. The number of amides is 3. The second kappa shape index (κ2) is 8.10. The van der Waals surface area contributed by atoms with Gasteiger partial charge >= 0.3 is 0 Å². The summed E-state index contributed by atoms with van der Waals surface area (Å²) in [5.74, 6) is -0.289. The molecule has 2 aromatic rings. The maximum absolute atomic E-state index is 12.7. The van der Waals surface area contributed by atoms with E-state index in [0.717, 1.165) is 16.5 Å². The third kappa shape index (κ3) is 4.22. The van der Waals surface area contributed by atoms with Crippen LogP contribution in [0, 0.1) is 0 Å². The van der Waals surface area contributed by atoms with Crippen LogP contribution in [0.4, 0.5) is 0 Å². The second-order valence-corrected chi connectivity index (χ2v) is 8.70. The van der Waals surface area contributed by atoms with Crippen LogP contribution in [0.15, 0.2) is 36.7 Å². The van der Waals surface area contributed by atoms with Crippen LogP contribution in [0.2, 0.25) is 0 Å². The molecule has 1 atom stereocenters. The Bertz CT molecular complexity index is 934. The number of aromatic amines is 1. The number of nitrogens with one attached hydrogen (secondary N) is 3. The minimum absolute atomic E-state index is 0.117. The number of para-hydroxylation sites is 1. The molecule has 3 amide bonds. The number of fused-ring (bicyclic) bond motifs is 1. The Labute approximate surface area is 167 Å². The highest BCUT2D eigenvalue weighted by atomic mass is 32.2. The normalized spacial score (nSPS) is 18.5. The van der Waals surface area contributed by atoms with Crippen LogP contribution >= 0.6 is 11.8 Å². The van der Waals surface area contributed by atoms with Gasteiger partial charge < -0.3 is 20.5 Å². The van der Waals surface area contributed by atoms with Gasteiger partial charge in [-0.3, -0.25) is 14.4 Å². The fraction of sp³-hybridized carbons (Fsp3) is 0.350. The number of hydrogen-bond donors (Lipinski definition) is 3. The standard InChI is InChI=1S/C20H24N4O3S/c1-13(25)22-11-18(26)24-17(12-28-20(24,2)3)19(27)21-9-8-14-10-23-16-7-5-4-6-15(14)16/h4-10,17,23H,11-12H2,1-3H3,(H,21,27)(H,22,25)/b9-8-. The summed E-state index contributed by atoms with van der Waals surface area (Å²) >= 11 is 1.54. The van der Waals surface area contributed by atoms with E-state index >= 15 is 0 Å². The van der Waals surface area contributed by atoms with Crippen molar-refractivity contribution in [2.45, 2.75) is 31.7 Å². The minimum atomic E-state index is -0.589. The first-order valence-electron chi connectivity index (χ1n) is 9.03. The van der Waals surface area contributed by atoms with Gasteiger partial charge in [-0.2, -0.15) is 0 Å². The zero-order chi connectivity index (χ0) is 20.3. The summed E-state index contributed by atoms with van der Waals surface area (Å²) in [6, 6.07) is 7.32. The highest BCUT2D eigenvalue weighted by Crippen LogP contribution is 2.38. The summed E-state index contributed by atoms with van der Waals surface area (Å²) in [6.45, 7) is 5.04. The predicted octanol–water partition coefficient (Wildman–Crippen LogP) is 2.07.